The number of rotatable bonds is 4. The van der Waals surface area contributed by atoms with Gasteiger partial charge in [0.1, 0.15) is 0 Å². The van der Waals surface area contributed by atoms with Crippen LogP contribution in [0.3, 0.4) is 0 Å². The van der Waals surface area contributed by atoms with Gasteiger partial charge in [-0.1, -0.05) is 12.1 Å². The van der Waals surface area contributed by atoms with Gasteiger partial charge in [0.2, 0.25) is 0 Å². The number of hydrogen-bond acceptors (Lipinski definition) is 3. The highest BCUT2D eigenvalue weighted by Gasteiger charge is 2.03. The third kappa shape index (κ3) is 3.54. The smallest absolute Gasteiger partial charge is 0.328 e. The topological polar surface area (TPSA) is 62.2 Å². The van der Waals surface area contributed by atoms with E-state index in [-0.39, 0.29) is 0 Å². The van der Waals surface area contributed by atoms with Crippen LogP contribution in [0.1, 0.15) is 6.92 Å². The molecule has 0 aliphatic rings. The molecule has 0 fully saturated rings. The van der Waals surface area contributed by atoms with Crippen molar-refractivity contribution in [2.24, 2.45) is 0 Å². The van der Waals surface area contributed by atoms with Crippen molar-refractivity contribution in [2.75, 3.05) is 11.9 Å². The maximum Gasteiger partial charge on any atom is 0.328 e. The fraction of sp³-hybridized carbons (Fsp3) is 0.143. The van der Waals surface area contributed by atoms with E-state index < -0.39 is 5.97 Å². The molecule has 0 aliphatic heterocycles. The summed E-state index contributed by atoms with van der Waals surface area (Å²) < 4.78 is 0.930. The molecule has 1 aromatic heterocycles. The van der Waals surface area contributed by atoms with Gasteiger partial charge in [0.25, 0.3) is 0 Å². The highest BCUT2D eigenvalue weighted by Crippen LogP contribution is 2.23. The minimum atomic E-state index is -0.931. The summed E-state index contributed by atoms with van der Waals surface area (Å²) in [5.74, 6) is -0.931. The molecule has 1 aromatic carbocycles. The Hall–Kier alpha value is -1.88. The van der Waals surface area contributed by atoms with Crippen LogP contribution in [0.15, 0.2) is 46.6 Å². The van der Waals surface area contributed by atoms with E-state index in [2.05, 4.69) is 26.2 Å². The lowest BCUT2D eigenvalue weighted by Gasteiger charge is -2.09. The van der Waals surface area contributed by atoms with Crippen LogP contribution in [-0.2, 0) is 4.79 Å². The van der Waals surface area contributed by atoms with Crippen molar-refractivity contribution >= 4 is 38.5 Å². The van der Waals surface area contributed by atoms with Crippen molar-refractivity contribution in [1.29, 1.82) is 0 Å². The molecule has 0 atom stereocenters. The number of para-hydroxylation sites is 1. The minimum absolute atomic E-state index is 0.475. The predicted octanol–water partition coefficient (Wildman–Crippen LogP) is 3.44. The first kappa shape index (κ1) is 13.5. The fourth-order valence-electron chi connectivity index (χ4n) is 1.77. The molecular formula is C14H13BrN2O2. The van der Waals surface area contributed by atoms with Crippen LogP contribution < -0.4 is 5.32 Å². The Kier molecular flexibility index (Phi) is 4.16. The third-order valence-electron chi connectivity index (χ3n) is 2.61. The number of carbonyl (C=O) groups is 1. The van der Waals surface area contributed by atoms with Gasteiger partial charge < -0.3 is 10.4 Å². The van der Waals surface area contributed by atoms with Gasteiger partial charge in [-0.15, -0.1) is 0 Å². The Balaban J connectivity index is 2.24. The molecule has 19 heavy (non-hydrogen) atoms. The summed E-state index contributed by atoms with van der Waals surface area (Å²) in [5, 5.41) is 12.9. The van der Waals surface area contributed by atoms with E-state index in [1.807, 2.05) is 24.3 Å². The molecular weight excluding hydrogens is 308 g/mol. The van der Waals surface area contributed by atoms with Crippen molar-refractivity contribution in [3.63, 3.8) is 0 Å². The zero-order valence-electron chi connectivity index (χ0n) is 10.4. The number of nitrogens with zero attached hydrogens (tertiary/aromatic N) is 1. The lowest BCUT2D eigenvalue weighted by Crippen LogP contribution is -2.05. The molecule has 4 nitrogen and oxygen atoms in total. The Labute approximate surface area is 119 Å². The quantitative estimate of drug-likeness (QED) is 0.847. The highest BCUT2D eigenvalue weighted by molar-refractivity contribution is 9.10. The molecule has 2 N–H and O–H groups in total. The lowest BCUT2D eigenvalue weighted by atomic mass is 10.2. The highest BCUT2D eigenvalue weighted by atomic mass is 79.9. The van der Waals surface area contributed by atoms with Crippen LogP contribution >= 0.6 is 15.9 Å². The number of halogens is 1. The van der Waals surface area contributed by atoms with Crippen LogP contribution in [-0.4, -0.2) is 22.6 Å². The molecule has 0 spiro atoms. The average Bonchev–Trinajstić information content (AvgIpc) is 2.35. The number of aliphatic carboxylic acids is 1. The van der Waals surface area contributed by atoms with E-state index in [1.54, 1.807) is 13.1 Å². The molecule has 5 heteroatoms. The van der Waals surface area contributed by atoms with E-state index >= 15 is 0 Å². The molecule has 2 aromatic rings. The van der Waals surface area contributed by atoms with Crippen LogP contribution in [0.4, 0.5) is 5.69 Å². The van der Waals surface area contributed by atoms with Crippen LogP contribution in [0.25, 0.3) is 10.9 Å². The van der Waals surface area contributed by atoms with Crippen molar-refractivity contribution in [3.05, 3.63) is 46.6 Å². The summed E-state index contributed by atoms with van der Waals surface area (Å²) in [7, 11) is 0. The number of anilines is 1. The van der Waals surface area contributed by atoms with Crippen molar-refractivity contribution in [1.82, 2.24) is 4.98 Å². The summed E-state index contributed by atoms with van der Waals surface area (Å²) in [5.41, 5.74) is 2.51. The Morgan fingerprint density at radius 1 is 1.53 bits per heavy atom. The van der Waals surface area contributed by atoms with Crippen LogP contribution in [0.5, 0.6) is 0 Å². The van der Waals surface area contributed by atoms with E-state index in [0.717, 1.165) is 26.6 Å². The zero-order chi connectivity index (χ0) is 13.8. The normalized spacial score (nSPS) is 11.6. The van der Waals surface area contributed by atoms with Gasteiger partial charge in [-0.2, -0.15) is 0 Å². The lowest BCUT2D eigenvalue weighted by molar-refractivity contribution is -0.131. The molecule has 2 rings (SSSR count). The summed E-state index contributed by atoms with van der Waals surface area (Å²) in [6, 6.07) is 7.85. The first-order chi connectivity index (χ1) is 9.06. The fourth-order valence-corrected chi connectivity index (χ4v) is 2.12. The first-order valence-corrected chi connectivity index (χ1v) is 6.54. The van der Waals surface area contributed by atoms with Gasteiger partial charge in [0, 0.05) is 28.7 Å². The molecule has 0 saturated carbocycles. The third-order valence-corrected chi connectivity index (χ3v) is 3.04. The number of aromatic nitrogens is 1. The number of carboxylic acids is 1. The summed E-state index contributed by atoms with van der Waals surface area (Å²) >= 11 is 3.39. The number of hydrogen-bond donors (Lipinski definition) is 2. The Morgan fingerprint density at radius 2 is 2.32 bits per heavy atom. The first-order valence-electron chi connectivity index (χ1n) is 5.74. The second-order valence-electron chi connectivity index (χ2n) is 4.21. The van der Waals surface area contributed by atoms with Crippen LogP contribution in [0.2, 0.25) is 0 Å². The molecule has 1 heterocycles. The minimum Gasteiger partial charge on any atom is -0.478 e. The van der Waals surface area contributed by atoms with Crippen molar-refractivity contribution in [3.8, 4) is 0 Å². The maximum absolute atomic E-state index is 10.5. The maximum atomic E-state index is 10.5. The Bertz CT molecular complexity index is 653. The van der Waals surface area contributed by atoms with Gasteiger partial charge in [-0.3, -0.25) is 4.98 Å². The number of benzene rings is 1. The molecule has 0 bridgehead atoms. The number of fused-ring (bicyclic) bond motifs is 1. The summed E-state index contributed by atoms with van der Waals surface area (Å²) in [6.45, 7) is 2.25. The summed E-state index contributed by atoms with van der Waals surface area (Å²) in [4.78, 5) is 14.9. The average molecular weight is 321 g/mol. The monoisotopic (exact) mass is 320 g/mol. The molecule has 0 amide bonds. The second kappa shape index (κ2) is 5.84. The zero-order valence-corrected chi connectivity index (χ0v) is 11.9. The molecule has 0 saturated heterocycles. The van der Waals surface area contributed by atoms with Gasteiger partial charge >= 0.3 is 5.97 Å². The van der Waals surface area contributed by atoms with Gasteiger partial charge in [0.15, 0.2) is 0 Å². The number of carboxylic acid groups (broad SMARTS) is 1. The van der Waals surface area contributed by atoms with Crippen LogP contribution in [0, 0.1) is 0 Å². The van der Waals surface area contributed by atoms with Crippen molar-refractivity contribution in [2.45, 2.75) is 6.92 Å². The molecule has 0 aliphatic carbocycles. The van der Waals surface area contributed by atoms with Gasteiger partial charge in [0.05, 0.1) is 11.2 Å². The second-order valence-corrected chi connectivity index (χ2v) is 5.13. The van der Waals surface area contributed by atoms with E-state index in [0.29, 0.717) is 6.54 Å². The van der Waals surface area contributed by atoms with E-state index in [9.17, 15) is 4.79 Å². The van der Waals surface area contributed by atoms with Gasteiger partial charge in [-0.05, 0) is 40.6 Å². The van der Waals surface area contributed by atoms with Crippen molar-refractivity contribution < 1.29 is 9.90 Å². The van der Waals surface area contributed by atoms with E-state index in [1.165, 1.54) is 6.08 Å². The summed E-state index contributed by atoms with van der Waals surface area (Å²) in [6.07, 6.45) is 2.94. The molecule has 0 radical (unpaired) electrons. The predicted molar refractivity (Wildman–Crippen MR) is 79.3 cm³/mol. The Morgan fingerprint density at radius 3 is 3.05 bits per heavy atom. The molecule has 98 valence electrons. The number of pyridine rings is 1. The van der Waals surface area contributed by atoms with Gasteiger partial charge in [-0.25, -0.2) is 4.79 Å². The SMILES string of the molecule is C/C(=C/C(=O)O)CNc1cccc2cc(Br)cnc12. The largest absolute Gasteiger partial charge is 0.478 e. The van der Waals surface area contributed by atoms with E-state index in [4.69, 9.17) is 5.11 Å². The number of nitrogens with one attached hydrogen (secondary N) is 1. The molecule has 0 unspecified atom stereocenters. The standard InChI is InChI=1S/C14H13BrN2O2/c1-9(5-13(18)19)7-16-12-4-2-3-10-6-11(15)8-17-14(10)12/h2-6,8,16H,7H2,1H3,(H,18,19)/b9-5-.